The van der Waals surface area contributed by atoms with E-state index in [1.807, 2.05) is 30.1 Å². The molecule has 0 saturated carbocycles. The maximum atomic E-state index is 12.9. The van der Waals surface area contributed by atoms with Gasteiger partial charge in [-0.2, -0.15) is 8.42 Å². The number of hydrogen-bond donors (Lipinski definition) is 1. The van der Waals surface area contributed by atoms with Crippen LogP contribution in [-0.4, -0.2) is 44.4 Å². The Hall–Kier alpha value is -3.78. The molecule has 1 N–H and O–H groups in total. The number of likely N-dealkylation sites (tertiary alicyclic amines) is 1. The molecule has 33 heavy (non-hydrogen) atoms. The Morgan fingerprint density at radius 1 is 0.939 bits per heavy atom. The molecule has 7 nitrogen and oxygen atoms in total. The highest BCUT2D eigenvalue weighted by Gasteiger charge is 2.27. The van der Waals surface area contributed by atoms with Crippen LogP contribution in [0.5, 0.6) is 0 Å². The van der Waals surface area contributed by atoms with Gasteiger partial charge in [0, 0.05) is 42.4 Å². The molecule has 2 aliphatic rings. The van der Waals surface area contributed by atoms with Crippen LogP contribution >= 0.6 is 0 Å². The van der Waals surface area contributed by atoms with Crippen LogP contribution in [-0.2, 0) is 10.0 Å². The lowest BCUT2D eigenvalue weighted by molar-refractivity contribution is 0.102. The third-order valence-electron chi connectivity index (χ3n) is 5.94. The first-order valence-electron chi connectivity index (χ1n) is 10.6. The van der Waals surface area contributed by atoms with Gasteiger partial charge in [-0.25, -0.2) is 0 Å². The number of carbonyl (C=O) groups excluding carboxylic acids is 2. The quantitative estimate of drug-likeness (QED) is 0.498. The summed E-state index contributed by atoms with van der Waals surface area (Å²) in [7, 11) is -2.08. The van der Waals surface area contributed by atoms with Gasteiger partial charge in [0.05, 0.1) is 4.90 Å². The number of anilines is 1. The molecule has 0 atom stereocenters. The van der Waals surface area contributed by atoms with Crippen LogP contribution in [0.2, 0.25) is 0 Å². The van der Waals surface area contributed by atoms with Crippen molar-refractivity contribution in [2.45, 2.75) is 17.7 Å². The van der Waals surface area contributed by atoms with Crippen molar-refractivity contribution in [1.82, 2.24) is 4.90 Å². The Bertz CT molecular complexity index is 1440. The fourth-order valence-electron chi connectivity index (χ4n) is 4.21. The molecule has 1 amide bonds. The number of amides is 1. The molecule has 0 aromatic heterocycles. The SMILES string of the molecule is CN1CCC/C1=N\S(=O)(=O)c1cccc(NC(=O)c2ccc3c(c2)C(=O)c2ccccc2-3)c1. The number of carbonyl (C=O) groups is 2. The number of sulfonamides is 1. The van der Waals surface area contributed by atoms with Gasteiger partial charge in [0.1, 0.15) is 5.84 Å². The summed E-state index contributed by atoms with van der Waals surface area (Å²) in [6, 6.07) is 18.4. The van der Waals surface area contributed by atoms with Crippen LogP contribution in [0.4, 0.5) is 5.69 Å². The van der Waals surface area contributed by atoms with Gasteiger partial charge in [-0.05, 0) is 47.9 Å². The second-order valence-corrected chi connectivity index (χ2v) is 9.73. The van der Waals surface area contributed by atoms with Gasteiger partial charge >= 0.3 is 0 Å². The molecule has 166 valence electrons. The first kappa shape index (κ1) is 21.1. The Morgan fingerprint density at radius 2 is 1.70 bits per heavy atom. The number of hydrogen-bond acceptors (Lipinski definition) is 4. The summed E-state index contributed by atoms with van der Waals surface area (Å²) >= 11 is 0. The minimum Gasteiger partial charge on any atom is -0.362 e. The van der Waals surface area contributed by atoms with Crippen molar-refractivity contribution in [3.63, 3.8) is 0 Å². The summed E-state index contributed by atoms with van der Waals surface area (Å²) in [6.45, 7) is 0.777. The van der Waals surface area contributed by atoms with Crippen molar-refractivity contribution in [1.29, 1.82) is 0 Å². The average Bonchev–Trinajstić information content (AvgIpc) is 3.34. The van der Waals surface area contributed by atoms with E-state index in [1.54, 1.807) is 36.4 Å². The largest absolute Gasteiger partial charge is 0.362 e. The number of nitrogens with zero attached hydrogens (tertiary/aromatic N) is 2. The molecule has 8 heteroatoms. The molecule has 1 heterocycles. The Morgan fingerprint density at radius 3 is 2.45 bits per heavy atom. The Balaban J connectivity index is 1.39. The van der Waals surface area contributed by atoms with Gasteiger partial charge in [0.25, 0.3) is 15.9 Å². The lowest BCUT2D eigenvalue weighted by Crippen LogP contribution is -2.20. The number of nitrogens with one attached hydrogen (secondary N) is 1. The van der Waals surface area contributed by atoms with Gasteiger partial charge < -0.3 is 10.2 Å². The molecule has 1 aliphatic carbocycles. The van der Waals surface area contributed by atoms with Crippen LogP contribution in [0.3, 0.4) is 0 Å². The number of ketones is 1. The molecule has 1 fully saturated rings. The van der Waals surface area contributed by atoms with Gasteiger partial charge in [0.2, 0.25) is 0 Å². The lowest BCUT2D eigenvalue weighted by Gasteiger charge is -2.11. The third-order valence-corrected chi connectivity index (χ3v) is 7.24. The Kier molecular flexibility index (Phi) is 5.09. The second kappa shape index (κ2) is 7.97. The lowest BCUT2D eigenvalue weighted by atomic mass is 10.0. The highest BCUT2D eigenvalue weighted by atomic mass is 32.2. The van der Waals surface area contributed by atoms with Crippen molar-refractivity contribution in [2.75, 3.05) is 18.9 Å². The average molecular weight is 460 g/mol. The van der Waals surface area contributed by atoms with Crippen molar-refractivity contribution in [2.24, 2.45) is 4.40 Å². The topological polar surface area (TPSA) is 95.9 Å². The maximum Gasteiger partial charge on any atom is 0.284 e. The van der Waals surface area contributed by atoms with Crippen molar-refractivity contribution in [3.8, 4) is 11.1 Å². The van der Waals surface area contributed by atoms with Crippen molar-refractivity contribution >= 4 is 33.2 Å². The summed E-state index contributed by atoms with van der Waals surface area (Å²) in [4.78, 5) is 27.4. The van der Waals surface area contributed by atoms with E-state index in [9.17, 15) is 18.0 Å². The molecular weight excluding hydrogens is 438 g/mol. The predicted octanol–water partition coefficient (Wildman–Crippen LogP) is 3.96. The van der Waals surface area contributed by atoms with Crippen molar-refractivity contribution < 1.29 is 18.0 Å². The number of fused-ring (bicyclic) bond motifs is 3. The fraction of sp³-hybridized carbons (Fsp3) is 0.160. The molecule has 3 aromatic carbocycles. The summed E-state index contributed by atoms with van der Waals surface area (Å²) in [5.41, 5.74) is 3.41. The summed E-state index contributed by atoms with van der Waals surface area (Å²) in [5.74, 6) is -0.00878. The summed E-state index contributed by atoms with van der Waals surface area (Å²) in [5, 5.41) is 2.73. The highest BCUT2D eigenvalue weighted by Crippen LogP contribution is 2.36. The van der Waals surface area contributed by atoms with Crippen LogP contribution < -0.4 is 5.32 Å². The minimum atomic E-state index is -3.90. The Labute approximate surface area is 191 Å². The zero-order valence-electron chi connectivity index (χ0n) is 17.9. The van der Waals surface area contributed by atoms with E-state index in [4.69, 9.17) is 0 Å². The van der Waals surface area contributed by atoms with Gasteiger partial charge in [-0.15, -0.1) is 4.40 Å². The van der Waals surface area contributed by atoms with Crippen LogP contribution in [0.1, 0.15) is 39.1 Å². The highest BCUT2D eigenvalue weighted by molar-refractivity contribution is 7.90. The van der Waals surface area contributed by atoms with Crippen molar-refractivity contribution in [3.05, 3.63) is 83.4 Å². The predicted molar refractivity (Wildman–Crippen MR) is 126 cm³/mol. The number of amidine groups is 1. The minimum absolute atomic E-state index is 0.00711. The van der Waals surface area contributed by atoms with E-state index in [1.165, 1.54) is 12.1 Å². The molecule has 0 unspecified atom stereocenters. The van der Waals surface area contributed by atoms with E-state index in [0.29, 0.717) is 34.6 Å². The first-order valence-corrected chi connectivity index (χ1v) is 12.0. The molecule has 1 saturated heterocycles. The fourth-order valence-corrected chi connectivity index (χ4v) is 5.35. The van der Waals surface area contributed by atoms with E-state index < -0.39 is 15.9 Å². The molecule has 3 aromatic rings. The van der Waals surface area contributed by atoms with Crippen LogP contribution in [0.15, 0.2) is 76.0 Å². The van der Waals surface area contributed by atoms with Gasteiger partial charge in [-0.3, -0.25) is 9.59 Å². The molecular formula is C25H21N3O4S. The first-order chi connectivity index (χ1) is 15.8. The van der Waals surface area contributed by atoms with E-state index in [2.05, 4.69) is 9.71 Å². The number of benzene rings is 3. The standard InChI is InChI=1S/C25H21N3O4S/c1-28-13-5-10-23(28)27-33(31,32)18-7-4-6-17(15-18)26-25(30)16-11-12-20-19-8-2-3-9-21(19)24(29)22(20)14-16/h2-4,6-9,11-12,14-15H,5,10,13H2,1H3,(H,26,30)/b27-23+. The van der Waals surface area contributed by atoms with Crippen LogP contribution in [0.25, 0.3) is 11.1 Å². The van der Waals surface area contributed by atoms with E-state index in [0.717, 1.165) is 24.1 Å². The third kappa shape index (κ3) is 3.82. The molecule has 0 bridgehead atoms. The summed E-state index contributed by atoms with van der Waals surface area (Å²) < 4.78 is 29.5. The van der Waals surface area contributed by atoms with Gasteiger partial charge in [0.15, 0.2) is 5.78 Å². The summed E-state index contributed by atoms with van der Waals surface area (Å²) in [6.07, 6.45) is 1.49. The zero-order chi connectivity index (χ0) is 23.2. The monoisotopic (exact) mass is 459 g/mol. The molecule has 5 rings (SSSR count). The molecule has 0 spiro atoms. The maximum absolute atomic E-state index is 12.9. The van der Waals surface area contributed by atoms with Gasteiger partial charge in [-0.1, -0.05) is 36.4 Å². The molecule has 0 radical (unpaired) electrons. The van der Waals surface area contributed by atoms with E-state index in [-0.39, 0.29) is 10.7 Å². The second-order valence-electron chi connectivity index (χ2n) is 8.12. The normalized spacial score (nSPS) is 16.1. The zero-order valence-corrected chi connectivity index (χ0v) is 18.7. The number of rotatable bonds is 4. The van der Waals surface area contributed by atoms with E-state index >= 15 is 0 Å². The smallest absolute Gasteiger partial charge is 0.284 e. The van der Waals surface area contributed by atoms with Crippen LogP contribution in [0, 0.1) is 0 Å². The molecule has 1 aliphatic heterocycles.